The van der Waals surface area contributed by atoms with Crippen LogP contribution in [0.5, 0.6) is 0 Å². The fourth-order valence-corrected chi connectivity index (χ4v) is 4.33. The van der Waals surface area contributed by atoms with Gasteiger partial charge in [-0.25, -0.2) is 4.98 Å². The number of rotatable bonds is 5. The largest absolute Gasteiger partial charge is 0.382 e. The van der Waals surface area contributed by atoms with Crippen LogP contribution >= 0.6 is 22.9 Å². The van der Waals surface area contributed by atoms with Gasteiger partial charge in [0.1, 0.15) is 15.8 Å². The molecule has 2 aromatic rings. The van der Waals surface area contributed by atoms with Gasteiger partial charge in [-0.3, -0.25) is 0 Å². The number of aromatic nitrogens is 2. The van der Waals surface area contributed by atoms with Gasteiger partial charge < -0.3 is 11.1 Å². The number of thiazole rings is 1. The van der Waals surface area contributed by atoms with Gasteiger partial charge in [-0.1, -0.05) is 13.3 Å². The first-order valence-corrected chi connectivity index (χ1v) is 8.70. The van der Waals surface area contributed by atoms with Gasteiger partial charge in [0.05, 0.1) is 5.56 Å². The Labute approximate surface area is 127 Å². The molecule has 0 atom stereocenters. The van der Waals surface area contributed by atoms with Gasteiger partial charge in [-0.15, -0.1) is 11.3 Å². The van der Waals surface area contributed by atoms with Crippen LogP contribution in [0.25, 0.3) is 10.6 Å². The lowest BCUT2D eigenvalue weighted by Gasteiger charge is -2.41. The number of nitrogen functional groups attached to an aromatic ring is 1. The first-order chi connectivity index (χ1) is 9.63. The summed E-state index contributed by atoms with van der Waals surface area (Å²) < 4.78 is 4.30. The molecule has 1 saturated carbocycles. The zero-order chi connectivity index (χ0) is 14.2. The van der Waals surface area contributed by atoms with Crippen molar-refractivity contribution in [2.45, 2.75) is 39.5 Å². The Morgan fingerprint density at radius 1 is 1.45 bits per heavy atom. The minimum absolute atomic E-state index is 0.481. The number of aryl methyl sites for hydroxylation is 1. The van der Waals surface area contributed by atoms with Gasteiger partial charge in [0.25, 0.3) is 0 Å². The summed E-state index contributed by atoms with van der Waals surface area (Å²) in [7, 11) is 0. The van der Waals surface area contributed by atoms with Crippen molar-refractivity contribution in [3.05, 3.63) is 11.1 Å². The van der Waals surface area contributed by atoms with E-state index in [-0.39, 0.29) is 0 Å². The van der Waals surface area contributed by atoms with Crippen LogP contribution in [0.4, 0.5) is 10.8 Å². The van der Waals surface area contributed by atoms with Gasteiger partial charge in [0.15, 0.2) is 0 Å². The lowest BCUT2D eigenvalue weighted by Crippen LogP contribution is -2.35. The van der Waals surface area contributed by atoms with Crippen LogP contribution in [-0.2, 0) is 0 Å². The normalized spacial score (nSPS) is 16.9. The minimum atomic E-state index is 0.481. The second kappa shape index (κ2) is 5.33. The molecule has 1 fully saturated rings. The second-order valence-electron chi connectivity index (χ2n) is 5.63. The van der Waals surface area contributed by atoms with Gasteiger partial charge in [0, 0.05) is 17.6 Å². The van der Waals surface area contributed by atoms with Crippen LogP contribution in [0, 0.1) is 12.3 Å². The zero-order valence-electron chi connectivity index (χ0n) is 11.9. The summed E-state index contributed by atoms with van der Waals surface area (Å²) in [5.41, 5.74) is 8.53. The zero-order valence-corrected chi connectivity index (χ0v) is 13.5. The molecule has 0 spiro atoms. The Hall–Kier alpha value is -1.14. The van der Waals surface area contributed by atoms with Crippen LogP contribution in [0.3, 0.4) is 0 Å². The molecule has 2 heterocycles. The highest BCUT2D eigenvalue weighted by molar-refractivity contribution is 7.15. The molecule has 2 aromatic heterocycles. The van der Waals surface area contributed by atoms with Gasteiger partial charge >= 0.3 is 0 Å². The highest BCUT2D eigenvalue weighted by atomic mass is 32.1. The van der Waals surface area contributed by atoms with E-state index in [0.29, 0.717) is 11.2 Å². The maximum Gasteiger partial charge on any atom is 0.149 e. The molecule has 20 heavy (non-hydrogen) atoms. The molecule has 3 N–H and O–H groups in total. The lowest BCUT2D eigenvalue weighted by atomic mass is 9.67. The van der Waals surface area contributed by atoms with Gasteiger partial charge in [-0.05, 0) is 43.1 Å². The number of hydrogen-bond donors (Lipinski definition) is 2. The highest BCUT2D eigenvalue weighted by Crippen LogP contribution is 2.45. The van der Waals surface area contributed by atoms with E-state index < -0.39 is 0 Å². The van der Waals surface area contributed by atoms with Crippen molar-refractivity contribution >= 4 is 33.7 Å². The van der Waals surface area contributed by atoms with E-state index in [9.17, 15) is 0 Å². The quantitative estimate of drug-likeness (QED) is 0.871. The second-order valence-corrected chi connectivity index (χ2v) is 7.26. The van der Waals surface area contributed by atoms with Crippen molar-refractivity contribution in [1.29, 1.82) is 0 Å². The predicted octanol–water partition coefficient (Wildman–Crippen LogP) is 4.15. The topological polar surface area (TPSA) is 63.8 Å². The molecule has 0 saturated heterocycles. The summed E-state index contributed by atoms with van der Waals surface area (Å²) in [6.07, 6.45) is 5.26. The molecule has 0 bridgehead atoms. The number of anilines is 2. The van der Waals surface area contributed by atoms with E-state index in [1.54, 1.807) is 11.3 Å². The number of nitrogens with one attached hydrogen (secondary N) is 1. The van der Waals surface area contributed by atoms with E-state index in [1.165, 1.54) is 37.2 Å². The van der Waals surface area contributed by atoms with Gasteiger partial charge in [0.2, 0.25) is 0 Å². The first kappa shape index (κ1) is 13.8. The summed E-state index contributed by atoms with van der Waals surface area (Å²) in [4.78, 5) is 4.54. The van der Waals surface area contributed by atoms with Crippen molar-refractivity contribution < 1.29 is 0 Å². The fourth-order valence-electron chi connectivity index (χ4n) is 2.70. The molecule has 0 aromatic carbocycles. The first-order valence-electron chi connectivity index (χ1n) is 7.05. The molecular weight excluding hydrogens is 288 g/mol. The molecule has 4 nitrogen and oxygen atoms in total. The Morgan fingerprint density at radius 3 is 2.80 bits per heavy atom. The molecule has 1 aliphatic carbocycles. The van der Waals surface area contributed by atoms with Crippen LogP contribution in [-0.4, -0.2) is 15.9 Å². The molecule has 1 aliphatic rings. The average Bonchev–Trinajstić information content (AvgIpc) is 2.95. The van der Waals surface area contributed by atoms with Crippen molar-refractivity contribution in [1.82, 2.24) is 9.36 Å². The average molecular weight is 308 g/mol. The fraction of sp³-hybridized carbons (Fsp3) is 0.571. The summed E-state index contributed by atoms with van der Waals surface area (Å²) in [5.74, 6) is 0.589. The molecule has 6 heteroatoms. The smallest absolute Gasteiger partial charge is 0.149 e. The SMILES string of the molecule is CCC1(CNc2snc(N)c2-c2nc(C)cs2)CCC1. The Balaban J connectivity index is 1.80. The molecule has 0 unspecified atom stereocenters. The predicted molar refractivity (Wildman–Crippen MR) is 87.4 cm³/mol. The molecule has 0 amide bonds. The van der Waals surface area contributed by atoms with Crippen LogP contribution in [0.1, 0.15) is 38.3 Å². The Kier molecular flexibility index (Phi) is 3.69. The van der Waals surface area contributed by atoms with E-state index in [2.05, 4.69) is 27.0 Å². The van der Waals surface area contributed by atoms with Gasteiger partial charge in [-0.2, -0.15) is 4.37 Å². The lowest BCUT2D eigenvalue weighted by molar-refractivity contribution is 0.145. The summed E-state index contributed by atoms with van der Waals surface area (Å²) in [6, 6.07) is 0. The van der Waals surface area contributed by atoms with E-state index in [0.717, 1.165) is 27.8 Å². The minimum Gasteiger partial charge on any atom is -0.382 e. The number of hydrogen-bond acceptors (Lipinski definition) is 6. The molecule has 3 rings (SSSR count). The highest BCUT2D eigenvalue weighted by Gasteiger charge is 2.35. The van der Waals surface area contributed by atoms with Crippen LogP contribution in [0.15, 0.2) is 5.38 Å². The van der Waals surface area contributed by atoms with Crippen molar-refractivity contribution in [2.75, 3.05) is 17.6 Å². The number of nitrogens with two attached hydrogens (primary N) is 1. The van der Waals surface area contributed by atoms with Crippen molar-refractivity contribution in [2.24, 2.45) is 5.41 Å². The maximum absolute atomic E-state index is 6.03. The molecule has 0 aliphatic heterocycles. The summed E-state index contributed by atoms with van der Waals surface area (Å²) >= 11 is 3.08. The van der Waals surface area contributed by atoms with E-state index >= 15 is 0 Å². The summed E-state index contributed by atoms with van der Waals surface area (Å²) in [5, 5.41) is 7.66. The number of nitrogens with zero attached hydrogens (tertiary/aromatic N) is 2. The molecule has 0 radical (unpaired) electrons. The molecule has 108 valence electrons. The van der Waals surface area contributed by atoms with Crippen molar-refractivity contribution in [3.63, 3.8) is 0 Å². The third-order valence-corrected chi connectivity index (χ3v) is 6.14. The Bertz CT molecular complexity index is 593. The summed E-state index contributed by atoms with van der Waals surface area (Å²) in [6.45, 7) is 5.30. The maximum atomic E-state index is 6.03. The van der Waals surface area contributed by atoms with E-state index in [1.807, 2.05) is 6.92 Å². The Morgan fingerprint density at radius 2 is 2.25 bits per heavy atom. The monoisotopic (exact) mass is 308 g/mol. The van der Waals surface area contributed by atoms with E-state index in [4.69, 9.17) is 5.73 Å². The third-order valence-electron chi connectivity index (χ3n) is 4.34. The van der Waals surface area contributed by atoms with Crippen LogP contribution < -0.4 is 11.1 Å². The third kappa shape index (κ3) is 2.42. The van der Waals surface area contributed by atoms with Crippen molar-refractivity contribution in [3.8, 4) is 10.6 Å². The van der Waals surface area contributed by atoms with Crippen LogP contribution in [0.2, 0.25) is 0 Å². The standard InChI is InChI=1S/C14H20N4S2/c1-3-14(5-4-6-14)8-16-12-10(11(15)18-20-12)13-17-9(2)7-19-13/h7,16H,3-6,8H2,1-2H3,(H2,15,18). The molecular formula is C14H20N4S2.